The highest BCUT2D eigenvalue weighted by Gasteiger charge is 2.27. The Balaban J connectivity index is 2.20. The second-order valence-corrected chi connectivity index (χ2v) is 4.92. The summed E-state index contributed by atoms with van der Waals surface area (Å²) in [5, 5.41) is 0. The lowest BCUT2D eigenvalue weighted by atomic mass is 10.2. The molecule has 3 heterocycles. The molecule has 0 saturated heterocycles. The molecule has 3 rings (SSSR count). The lowest BCUT2D eigenvalue weighted by molar-refractivity contribution is -0.687. The molecule has 102 valence electrons. The van der Waals surface area contributed by atoms with Gasteiger partial charge in [-0.3, -0.25) is 0 Å². The number of hydrogen-bond donors (Lipinski definition) is 0. The van der Waals surface area contributed by atoms with Crippen LogP contribution in [0.1, 0.15) is 5.82 Å². The van der Waals surface area contributed by atoms with E-state index >= 15 is 0 Å². The van der Waals surface area contributed by atoms with Gasteiger partial charge in [-0.15, -0.1) is 0 Å². The van der Waals surface area contributed by atoms with Crippen molar-refractivity contribution in [1.82, 2.24) is 9.55 Å². The minimum atomic E-state index is 0.827. The van der Waals surface area contributed by atoms with Crippen molar-refractivity contribution in [3.05, 3.63) is 42.7 Å². The zero-order valence-corrected chi connectivity index (χ0v) is 12.2. The molecule has 0 bridgehead atoms. The van der Waals surface area contributed by atoms with Crippen molar-refractivity contribution >= 4 is 0 Å². The van der Waals surface area contributed by atoms with Gasteiger partial charge in [0.2, 0.25) is 11.9 Å². The molecule has 3 aromatic rings. The minimum absolute atomic E-state index is 0.827. The van der Waals surface area contributed by atoms with Crippen molar-refractivity contribution in [3.63, 3.8) is 0 Å². The minimum Gasteiger partial charge on any atom is -0.402 e. The number of aryl methyl sites for hydroxylation is 2. The standard InChI is InChI=1S/C15H18N4O/c1-11-16-10-14(18(11)3)12-6-5-7-13(19(12)4)15-17(2)8-9-20-15/h5-10H,1-4H3/q+2. The molecular formula is C15H18N4O+2. The summed E-state index contributed by atoms with van der Waals surface area (Å²) in [4.78, 5) is 4.36. The third-order valence-electron chi connectivity index (χ3n) is 3.72. The Bertz CT molecular complexity index is 770. The SMILES string of the molecule is Cc1ncc(-c2cccc(-c3occ[n+]3C)[n+]2C)n1C. The Hall–Kier alpha value is -2.43. The van der Waals surface area contributed by atoms with Crippen LogP contribution in [0.25, 0.3) is 23.0 Å². The summed E-state index contributed by atoms with van der Waals surface area (Å²) in [7, 11) is 6.03. The predicted molar refractivity (Wildman–Crippen MR) is 73.4 cm³/mol. The molecule has 0 amide bonds. The van der Waals surface area contributed by atoms with Crippen LogP contribution in [0.5, 0.6) is 0 Å². The Morgan fingerprint density at radius 2 is 1.95 bits per heavy atom. The van der Waals surface area contributed by atoms with Crippen molar-refractivity contribution in [2.24, 2.45) is 21.1 Å². The first-order valence-corrected chi connectivity index (χ1v) is 6.51. The highest BCUT2D eigenvalue weighted by molar-refractivity contribution is 5.53. The van der Waals surface area contributed by atoms with Crippen molar-refractivity contribution in [2.45, 2.75) is 6.92 Å². The van der Waals surface area contributed by atoms with Crippen LogP contribution in [0, 0.1) is 6.92 Å². The number of oxazole rings is 1. The Morgan fingerprint density at radius 1 is 1.20 bits per heavy atom. The van der Waals surface area contributed by atoms with Crippen LogP contribution >= 0.6 is 0 Å². The third kappa shape index (κ3) is 1.82. The highest BCUT2D eigenvalue weighted by Crippen LogP contribution is 2.19. The van der Waals surface area contributed by atoms with Crippen LogP contribution in [0.15, 0.2) is 41.3 Å². The maximum atomic E-state index is 5.58. The van der Waals surface area contributed by atoms with Crippen molar-refractivity contribution < 1.29 is 13.6 Å². The van der Waals surface area contributed by atoms with E-state index in [1.165, 1.54) is 0 Å². The second-order valence-electron chi connectivity index (χ2n) is 4.92. The van der Waals surface area contributed by atoms with E-state index in [0.29, 0.717) is 0 Å². The van der Waals surface area contributed by atoms with Crippen molar-refractivity contribution in [1.29, 1.82) is 0 Å². The van der Waals surface area contributed by atoms with E-state index in [4.69, 9.17) is 4.42 Å². The van der Waals surface area contributed by atoms with Crippen molar-refractivity contribution in [3.8, 4) is 23.0 Å². The van der Waals surface area contributed by atoms with Crippen LogP contribution in [0.3, 0.4) is 0 Å². The Kier molecular flexibility index (Phi) is 2.89. The van der Waals surface area contributed by atoms with Gasteiger partial charge in [-0.1, -0.05) is 0 Å². The Labute approximate surface area is 117 Å². The monoisotopic (exact) mass is 270 g/mol. The summed E-state index contributed by atoms with van der Waals surface area (Å²) < 4.78 is 11.7. The molecule has 0 radical (unpaired) electrons. The fourth-order valence-corrected chi connectivity index (χ4v) is 2.37. The van der Waals surface area contributed by atoms with Gasteiger partial charge in [0.25, 0.3) is 0 Å². The van der Waals surface area contributed by atoms with E-state index in [0.717, 1.165) is 28.8 Å². The number of imidazole rings is 1. The van der Waals surface area contributed by atoms with E-state index in [9.17, 15) is 0 Å². The molecule has 0 unspecified atom stereocenters. The number of hydrogen-bond acceptors (Lipinski definition) is 2. The van der Waals surface area contributed by atoms with E-state index in [1.807, 2.05) is 57.2 Å². The summed E-state index contributed by atoms with van der Waals surface area (Å²) in [6.45, 7) is 2.00. The maximum Gasteiger partial charge on any atom is 0.446 e. The molecule has 0 aliphatic carbocycles. The van der Waals surface area contributed by atoms with Gasteiger partial charge in [-0.05, 0) is 13.0 Å². The van der Waals surface area contributed by atoms with E-state index in [2.05, 4.69) is 20.2 Å². The summed E-state index contributed by atoms with van der Waals surface area (Å²) in [6, 6.07) is 6.17. The molecule has 0 N–H and O–H groups in total. The van der Waals surface area contributed by atoms with E-state index in [-0.39, 0.29) is 0 Å². The lowest BCUT2D eigenvalue weighted by Crippen LogP contribution is -2.38. The van der Waals surface area contributed by atoms with Gasteiger partial charge in [0.1, 0.15) is 25.6 Å². The maximum absolute atomic E-state index is 5.58. The third-order valence-corrected chi connectivity index (χ3v) is 3.72. The molecule has 0 saturated carbocycles. The molecule has 3 aromatic heterocycles. The van der Waals surface area contributed by atoms with Crippen LogP contribution in [0.4, 0.5) is 0 Å². The first-order valence-electron chi connectivity index (χ1n) is 6.51. The smallest absolute Gasteiger partial charge is 0.402 e. The topological polar surface area (TPSA) is 38.7 Å². The second kappa shape index (κ2) is 4.59. The van der Waals surface area contributed by atoms with Gasteiger partial charge >= 0.3 is 11.6 Å². The van der Waals surface area contributed by atoms with Gasteiger partial charge in [-0.25, -0.2) is 4.98 Å². The van der Waals surface area contributed by atoms with E-state index in [1.54, 1.807) is 6.26 Å². The highest BCUT2D eigenvalue weighted by atomic mass is 16.3. The largest absolute Gasteiger partial charge is 0.446 e. The predicted octanol–water partition coefficient (Wildman–Crippen LogP) is 1.30. The van der Waals surface area contributed by atoms with Crippen LogP contribution < -0.4 is 9.13 Å². The zero-order valence-electron chi connectivity index (χ0n) is 12.2. The van der Waals surface area contributed by atoms with Gasteiger partial charge in [-0.2, -0.15) is 9.13 Å². The van der Waals surface area contributed by atoms with Crippen LogP contribution in [-0.4, -0.2) is 9.55 Å². The zero-order chi connectivity index (χ0) is 14.3. The summed E-state index contributed by atoms with van der Waals surface area (Å²) >= 11 is 0. The summed E-state index contributed by atoms with van der Waals surface area (Å²) in [5.41, 5.74) is 3.21. The van der Waals surface area contributed by atoms with E-state index < -0.39 is 0 Å². The van der Waals surface area contributed by atoms with Crippen molar-refractivity contribution in [2.75, 3.05) is 0 Å². The average molecular weight is 270 g/mol. The number of aromatic nitrogens is 4. The fraction of sp³-hybridized carbons (Fsp3) is 0.267. The van der Waals surface area contributed by atoms with Gasteiger partial charge in [0.15, 0.2) is 6.26 Å². The van der Waals surface area contributed by atoms with Crippen LogP contribution in [0.2, 0.25) is 0 Å². The summed E-state index contributed by atoms with van der Waals surface area (Å²) in [5.74, 6) is 1.82. The normalized spacial score (nSPS) is 11.0. The van der Waals surface area contributed by atoms with Gasteiger partial charge < -0.3 is 8.98 Å². The molecular weight excluding hydrogens is 252 g/mol. The number of nitrogens with zero attached hydrogens (tertiary/aromatic N) is 4. The molecule has 0 aliphatic rings. The van der Waals surface area contributed by atoms with Gasteiger partial charge in [0, 0.05) is 19.2 Å². The Morgan fingerprint density at radius 3 is 2.55 bits per heavy atom. The lowest BCUT2D eigenvalue weighted by Gasteiger charge is -2.03. The number of rotatable bonds is 2. The average Bonchev–Trinajstić information content (AvgIpc) is 2.99. The molecule has 20 heavy (non-hydrogen) atoms. The molecule has 5 heteroatoms. The fourth-order valence-electron chi connectivity index (χ4n) is 2.37. The molecule has 0 aromatic carbocycles. The van der Waals surface area contributed by atoms with Gasteiger partial charge in [0.05, 0.1) is 6.20 Å². The first-order chi connectivity index (χ1) is 9.59. The molecule has 0 spiro atoms. The summed E-state index contributed by atoms with van der Waals surface area (Å²) in [6.07, 6.45) is 5.49. The number of pyridine rings is 1. The van der Waals surface area contributed by atoms with Crippen LogP contribution in [-0.2, 0) is 21.1 Å². The first kappa shape index (κ1) is 12.6. The quantitative estimate of drug-likeness (QED) is 0.658. The molecule has 0 aliphatic heterocycles. The molecule has 5 nitrogen and oxygen atoms in total. The molecule has 0 atom stereocenters. The molecule has 0 fully saturated rings.